The SMILES string of the molecule is CCOC(=O)C1CN(/C(=N\C#N)Nc2ccccc2C)CCN1. The molecule has 7 heteroatoms. The van der Waals surface area contributed by atoms with Crippen LogP contribution in [0.5, 0.6) is 0 Å². The number of esters is 1. The quantitative estimate of drug-likeness (QED) is 0.375. The Morgan fingerprint density at radius 3 is 3.04 bits per heavy atom. The number of para-hydroxylation sites is 1. The molecule has 0 radical (unpaired) electrons. The molecule has 0 amide bonds. The summed E-state index contributed by atoms with van der Waals surface area (Å²) >= 11 is 0. The van der Waals surface area contributed by atoms with Gasteiger partial charge in [0.1, 0.15) is 6.04 Å². The van der Waals surface area contributed by atoms with Gasteiger partial charge in [0.2, 0.25) is 12.2 Å². The van der Waals surface area contributed by atoms with E-state index in [9.17, 15) is 4.79 Å². The summed E-state index contributed by atoms with van der Waals surface area (Å²) in [6, 6.07) is 7.34. The van der Waals surface area contributed by atoms with Crippen LogP contribution >= 0.6 is 0 Å². The summed E-state index contributed by atoms with van der Waals surface area (Å²) in [5.74, 6) is 0.155. The van der Waals surface area contributed by atoms with E-state index in [1.807, 2.05) is 42.3 Å². The standard InChI is InChI=1S/C16H21N5O2/c1-3-23-15(22)14-10-21(9-8-18-14)16(19-11-17)20-13-7-5-4-6-12(13)2/h4-7,14,18H,3,8-10H2,1-2H3,(H,19,20). The van der Waals surface area contributed by atoms with Gasteiger partial charge in [-0.1, -0.05) is 18.2 Å². The summed E-state index contributed by atoms with van der Waals surface area (Å²) in [4.78, 5) is 17.7. The van der Waals surface area contributed by atoms with Crippen LogP contribution in [0.1, 0.15) is 12.5 Å². The minimum atomic E-state index is -0.425. The maximum absolute atomic E-state index is 11.9. The summed E-state index contributed by atoms with van der Waals surface area (Å²) in [6.45, 7) is 5.76. The van der Waals surface area contributed by atoms with E-state index < -0.39 is 6.04 Å². The van der Waals surface area contributed by atoms with Crippen molar-refractivity contribution in [3.63, 3.8) is 0 Å². The fourth-order valence-electron chi connectivity index (χ4n) is 2.40. The third-order valence-electron chi connectivity index (χ3n) is 3.59. The lowest BCUT2D eigenvalue weighted by Gasteiger charge is -2.34. The maximum Gasteiger partial charge on any atom is 0.324 e. The molecule has 0 aromatic heterocycles. The number of carbonyl (C=O) groups is 1. The molecule has 7 nitrogen and oxygen atoms in total. The number of hydrogen-bond donors (Lipinski definition) is 2. The van der Waals surface area contributed by atoms with Gasteiger partial charge in [-0.3, -0.25) is 4.79 Å². The Labute approximate surface area is 135 Å². The molecule has 0 aliphatic carbocycles. The monoisotopic (exact) mass is 315 g/mol. The fourth-order valence-corrected chi connectivity index (χ4v) is 2.40. The summed E-state index contributed by atoms with van der Waals surface area (Å²) in [5, 5.41) is 15.3. The van der Waals surface area contributed by atoms with Crippen molar-refractivity contribution < 1.29 is 9.53 Å². The second-order valence-corrected chi connectivity index (χ2v) is 5.18. The summed E-state index contributed by atoms with van der Waals surface area (Å²) in [5.41, 5.74) is 1.93. The topological polar surface area (TPSA) is 89.8 Å². The van der Waals surface area contributed by atoms with Gasteiger partial charge in [-0.25, -0.2) is 0 Å². The number of ether oxygens (including phenoxy) is 1. The Bertz CT molecular complexity index is 623. The van der Waals surface area contributed by atoms with E-state index >= 15 is 0 Å². The number of carbonyl (C=O) groups excluding carboxylic acids is 1. The average Bonchev–Trinajstić information content (AvgIpc) is 2.57. The molecule has 0 spiro atoms. The minimum absolute atomic E-state index is 0.288. The Morgan fingerprint density at radius 1 is 1.57 bits per heavy atom. The highest BCUT2D eigenvalue weighted by molar-refractivity contribution is 5.95. The molecule has 0 saturated carbocycles. The van der Waals surface area contributed by atoms with Gasteiger partial charge in [-0.05, 0) is 25.5 Å². The Balaban J connectivity index is 2.12. The molecule has 1 atom stereocenters. The van der Waals surface area contributed by atoms with Gasteiger partial charge in [0.15, 0.2) is 0 Å². The predicted molar refractivity (Wildman–Crippen MR) is 87.8 cm³/mol. The van der Waals surface area contributed by atoms with Crippen molar-refractivity contribution in [2.75, 3.05) is 31.6 Å². The molecule has 1 unspecified atom stereocenters. The maximum atomic E-state index is 11.9. The van der Waals surface area contributed by atoms with Gasteiger partial charge in [-0.2, -0.15) is 5.26 Å². The lowest BCUT2D eigenvalue weighted by Crippen LogP contribution is -2.57. The van der Waals surface area contributed by atoms with Crippen LogP contribution in [0.2, 0.25) is 0 Å². The Kier molecular flexibility index (Phi) is 5.94. The second-order valence-electron chi connectivity index (χ2n) is 5.18. The van der Waals surface area contributed by atoms with Crippen LogP contribution in [0, 0.1) is 18.4 Å². The van der Waals surface area contributed by atoms with E-state index in [2.05, 4.69) is 15.6 Å². The van der Waals surface area contributed by atoms with Gasteiger partial charge in [0, 0.05) is 25.3 Å². The highest BCUT2D eigenvalue weighted by atomic mass is 16.5. The third-order valence-corrected chi connectivity index (χ3v) is 3.59. The molecule has 0 bridgehead atoms. The second kappa shape index (κ2) is 8.15. The number of nitrogens with one attached hydrogen (secondary N) is 2. The molecular formula is C16H21N5O2. The normalized spacial score (nSPS) is 18.2. The summed E-state index contributed by atoms with van der Waals surface area (Å²) in [6.07, 6.45) is 1.82. The van der Waals surface area contributed by atoms with Crippen LogP contribution in [0.3, 0.4) is 0 Å². The van der Waals surface area contributed by atoms with Crippen molar-refractivity contribution in [1.29, 1.82) is 5.26 Å². The average molecular weight is 315 g/mol. The van der Waals surface area contributed by atoms with Gasteiger partial charge >= 0.3 is 5.97 Å². The van der Waals surface area contributed by atoms with Gasteiger partial charge in [0.25, 0.3) is 0 Å². The smallest absolute Gasteiger partial charge is 0.324 e. The molecule has 122 valence electrons. The van der Waals surface area contributed by atoms with E-state index in [0.717, 1.165) is 11.3 Å². The first-order chi connectivity index (χ1) is 11.2. The number of hydrogen-bond acceptors (Lipinski definition) is 5. The first kappa shape index (κ1) is 16.8. The van der Waals surface area contributed by atoms with E-state index in [1.165, 1.54) is 0 Å². The first-order valence-electron chi connectivity index (χ1n) is 7.60. The molecule has 1 saturated heterocycles. The Hall–Kier alpha value is -2.59. The van der Waals surface area contributed by atoms with Gasteiger partial charge < -0.3 is 20.3 Å². The van der Waals surface area contributed by atoms with Crippen LogP contribution in [0.4, 0.5) is 5.69 Å². The summed E-state index contributed by atoms with van der Waals surface area (Å²) in [7, 11) is 0. The van der Waals surface area contributed by atoms with Crippen LogP contribution in [-0.2, 0) is 9.53 Å². The highest BCUT2D eigenvalue weighted by Crippen LogP contribution is 2.14. The number of aliphatic imine (C=N–C) groups is 1. The molecule has 1 aliphatic heterocycles. The molecule has 23 heavy (non-hydrogen) atoms. The molecule has 2 rings (SSSR count). The number of benzene rings is 1. The molecule has 2 N–H and O–H groups in total. The first-order valence-corrected chi connectivity index (χ1v) is 7.60. The lowest BCUT2D eigenvalue weighted by molar-refractivity contribution is -0.146. The van der Waals surface area contributed by atoms with E-state index in [-0.39, 0.29) is 5.97 Å². The zero-order valence-corrected chi connectivity index (χ0v) is 13.4. The van der Waals surface area contributed by atoms with Crippen molar-refractivity contribution in [1.82, 2.24) is 10.2 Å². The molecule has 1 fully saturated rings. The van der Waals surface area contributed by atoms with E-state index in [4.69, 9.17) is 10.00 Å². The van der Waals surface area contributed by atoms with E-state index in [1.54, 1.807) is 6.92 Å². The summed E-state index contributed by atoms with van der Waals surface area (Å²) < 4.78 is 5.05. The van der Waals surface area contributed by atoms with Crippen molar-refractivity contribution in [2.24, 2.45) is 4.99 Å². The number of piperazine rings is 1. The van der Waals surface area contributed by atoms with Crippen LogP contribution in [-0.4, -0.2) is 49.1 Å². The van der Waals surface area contributed by atoms with Crippen molar-refractivity contribution in [3.05, 3.63) is 29.8 Å². The van der Waals surface area contributed by atoms with E-state index in [0.29, 0.717) is 32.2 Å². The number of guanidine groups is 1. The number of anilines is 1. The molecular weight excluding hydrogens is 294 g/mol. The van der Waals surface area contributed by atoms with Crippen molar-refractivity contribution in [2.45, 2.75) is 19.9 Å². The number of aryl methyl sites for hydroxylation is 1. The lowest BCUT2D eigenvalue weighted by atomic mass is 10.2. The van der Waals surface area contributed by atoms with Gasteiger partial charge in [0.05, 0.1) is 6.61 Å². The zero-order valence-electron chi connectivity index (χ0n) is 13.4. The largest absolute Gasteiger partial charge is 0.465 e. The third kappa shape index (κ3) is 4.44. The van der Waals surface area contributed by atoms with Crippen molar-refractivity contribution >= 4 is 17.6 Å². The number of rotatable bonds is 3. The highest BCUT2D eigenvalue weighted by Gasteiger charge is 2.28. The molecule has 1 aliphatic rings. The van der Waals surface area contributed by atoms with Crippen molar-refractivity contribution in [3.8, 4) is 6.19 Å². The zero-order chi connectivity index (χ0) is 16.7. The van der Waals surface area contributed by atoms with Crippen LogP contribution in [0.25, 0.3) is 0 Å². The molecule has 1 aromatic carbocycles. The van der Waals surface area contributed by atoms with Crippen LogP contribution < -0.4 is 10.6 Å². The molecule has 1 aromatic rings. The number of nitrogens with zero attached hydrogens (tertiary/aromatic N) is 3. The fraction of sp³-hybridized carbons (Fsp3) is 0.438. The molecule has 1 heterocycles. The van der Waals surface area contributed by atoms with Crippen LogP contribution in [0.15, 0.2) is 29.3 Å². The predicted octanol–water partition coefficient (Wildman–Crippen LogP) is 1.08. The Morgan fingerprint density at radius 2 is 2.35 bits per heavy atom. The van der Waals surface area contributed by atoms with Gasteiger partial charge in [-0.15, -0.1) is 4.99 Å². The number of nitriles is 1. The minimum Gasteiger partial charge on any atom is -0.465 e.